The Hall–Kier alpha value is -2.07. The van der Waals surface area contributed by atoms with Crippen molar-refractivity contribution in [2.45, 2.75) is 0 Å². The monoisotopic (exact) mass is 247 g/mol. The molecule has 0 saturated heterocycles. The Balaban J connectivity index is 2.36. The van der Waals surface area contributed by atoms with Gasteiger partial charge in [0, 0.05) is 11.2 Å². The van der Waals surface area contributed by atoms with E-state index in [4.69, 9.17) is 27.5 Å². The summed E-state index contributed by atoms with van der Waals surface area (Å²) >= 11 is 5.84. The van der Waals surface area contributed by atoms with E-state index in [9.17, 15) is 0 Å². The van der Waals surface area contributed by atoms with Crippen LogP contribution >= 0.6 is 11.6 Å². The third kappa shape index (κ3) is 2.73. The van der Waals surface area contributed by atoms with Gasteiger partial charge < -0.3 is 10.5 Å². The number of nitrogen functional groups attached to an aromatic ring is 1. The van der Waals surface area contributed by atoms with Crippen LogP contribution in [-0.2, 0) is 0 Å². The number of aromatic nitrogens is 1. The first-order valence-corrected chi connectivity index (χ1v) is 5.26. The predicted octanol–water partition coefficient (Wildman–Crippen LogP) is 2.81. The molecule has 1 aromatic carbocycles. The average molecular weight is 248 g/mol. The number of hydrogen-bond donors (Lipinski definition) is 2. The SMILES string of the molecule is N=C(N)c1cc(Cl)ccc1Oc1cccnc1. The summed E-state index contributed by atoms with van der Waals surface area (Å²) in [6.07, 6.45) is 3.24. The van der Waals surface area contributed by atoms with Crippen LogP contribution < -0.4 is 10.5 Å². The van der Waals surface area contributed by atoms with Gasteiger partial charge in [-0.15, -0.1) is 0 Å². The van der Waals surface area contributed by atoms with Crippen LogP contribution in [0.25, 0.3) is 0 Å². The summed E-state index contributed by atoms with van der Waals surface area (Å²) in [4.78, 5) is 3.94. The first kappa shape index (κ1) is 11.4. The van der Waals surface area contributed by atoms with Crippen LogP contribution in [0.15, 0.2) is 42.7 Å². The minimum absolute atomic E-state index is 0.0913. The largest absolute Gasteiger partial charge is 0.455 e. The van der Waals surface area contributed by atoms with Crippen LogP contribution in [0, 0.1) is 5.41 Å². The lowest BCUT2D eigenvalue weighted by Gasteiger charge is -2.10. The van der Waals surface area contributed by atoms with E-state index < -0.39 is 0 Å². The van der Waals surface area contributed by atoms with Crippen molar-refractivity contribution >= 4 is 17.4 Å². The highest BCUT2D eigenvalue weighted by molar-refractivity contribution is 6.31. The molecular formula is C12H10ClN3O. The number of nitrogens with two attached hydrogens (primary N) is 1. The highest BCUT2D eigenvalue weighted by Gasteiger charge is 2.08. The van der Waals surface area contributed by atoms with Crippen molar-refractivity contribution in [1.82, 2.24) is 4.98 Å². The van der Waals surface area contributed by atoms with Gasteiger partial charge in [0.25, 0.3) is 0 Å². The van der Waals surface area contributed by atoms with Crippen molar-refractivity contribution in [1.29, 1.82) is 5.41 Å². The number of rotatable bonds is 3. The zero-order valence-corrected chi connectivity index (χ0v) is 9.61. The van der Waals surface area contributed by atoms with E-state index in [0.717, 1.165) is 0 Å². The van der Waals surface area contributed by atoms with Gasteiger partial charge in [0.15, 0.2) is 0 Å². The second kappa shape index (κ2) is 4.84. The molecule has 0 saturated carbocycles. The quantitative estimate of drug-likeness (QED) is 0.647. The van der Waals surface area contributed by atoms with Crippen molar-refractivity contribution in [2.75, 3.05) is 0 Å². The summed E-state index contributed by atoms with van der Waals surface area (Å²) in [7, 11) is 0. The van der Waals surface area contributed by atoms with Crippen LogP contribution in [0.3, 0.4) is 0 Å². The zero-order valence-electron chi connectivity index (χ0n) is 8.85. The average Bonchev–Trinajstić information content (AvgIpc) is 2.32. The maximum atomic E-state index is 7.46. The van der Waals surface area contributed by atoms with Crippen LogP contribution in [0.5, 0.6) is 11.5 Å². The maximum Gasteiger partial charge on any atom is 0.145 e. The molecule has 0 unspecified atom stereocenters. The number of halogens is 1. The van der Waals surface area contributed by atoms with Crippen LogP contribution in [0.4, 0.5) is 0 Å². The number of benzene rings is 1. The van der Waals surface area contributed by atoms with Gasteiger partial charge in [-0.1, -0.05) is 11.6 Å². The number of ether oxygens (including phenoxy) is 1. The molecule has 0 radical (unpaired) electrons. The standard InChI is InChI=1S/C12H10ClN3O/c13-8-3-4-11(10(6-8)12(14)15)17-9-2-1-5-16-7-9/h1-7H,(H3,14,15). The number of hydrogen-bond acceptors (Lipinski definition) is 3. The fraction of sp³-hybridized carbons (Fsp3) is 0. The lowest BCUT2D eigenvalue weighted by molar-refractivity contribution is 0.479. The van der Waals surface area contributed by atoms with Crippen molar-refractivity contribution in [3.05, 3.63) is 53.3 Å². The van der Waals surface area contributed by atoms with Gasteiger partial charge in [-0.25, -0.2) is 0 Å². The molecule has 1 heterocycles. The summed E-state index contributed by atoms with van der Waals surface area (Å²) < 4.78 is 5.58. The minimum atomic E-state index is -0.0913. The van der Waals surface area contributed by atoms with Gasteiger partial charge in [-0.05, 0) is 30.3 Å². The molecule has 2 rings (SSSR count). The highest BCUT2D eigenvalue weighted by atomic mass is 35.5. The molecule has 0 bridgehead atoms. The molecule has 17 heavy (non-hydrogen) atoms. The molecule has 0 aliphatic carbocycles. The van der Waals surface area contributed by atoms with Crippen molar-refractivity contribution < 1.29 is 4.74 Å². The summed E-state index contributed by atoms with van der Waals surface area (Å²) in [6, 6.07) is 8.48. The second-order valence-electron chi connectivity index (χ2n) is 3.34. The zero-order chi connectivity index (χ0) is 12.3. The summed E-state index contributed by atoms with van der Waals surface area (Å²) in [5.41, 5.74) is 5.93. The molecule has 0 fully saturated rings. The molecule has 86 valence electrons. The first-order chi connectivity index (χ1) is 8.16. The third-order valence-corrected chi connectivity index (χ3v) is 2.33. The van der Waals surface area contributed by atoms with E-state index >= 15 is 0 Å². The van der Waals surface area contributed by atoms with E-state index in [1.807, 2.05) is 0 Å². The molecule has 1 aromatic heterocycles. The van der Waals surface area contributed by atoms with Crippen molar-refractivity contribution in [2.24, 2.45) is 5.73 Å². The van der Waals surface area contributed by atoms with Gasteiger partial charge in [-0.2, -0.15) is 0 Å². The first-order valence-electron chi connectivity index (χ1n) is 4.88. The topological polar surface area (TPSA) is 72.0 Å². The highest BCUT2D eigenvalue weighted by Crippen LogP contribution is 2.26. The van der Waals surface area contributed by atoms with Crippen LogP contribution in [-0.4, -0.2) is 10.8 Å². The lowest BCUT2D eigenvalue weighted by atomic mass is 10.2. The Morgan fingerprint density at radius 2 is 2.18 bits per heavy atom. The fourth-order valence-corrected chi connectivity index (χ4v) is 1.51. The number of nitrogens with one attached hydrogen (secondary N) is 1. The van der Waals surface area contributed by atoms with Gasteiger partial charge in [0.05, 0.1) is 11.8 Å². The molecular weight excluding hydrogens is 238 g/mol. The molecule has 0 atom stereocenters. The molecule has 3 N–H and O–H groups in total. The maximum absolute atomic E-state index is 7.46. The molecule has 0 amide bonds. The van der Waals surface area contributed by atoms with E-state index in [1.54, 1.807) is 42.7 Å². The molecule has 4 nitrogen and oxygen atoms in total. The Morgan fingerprint density at radius 3 is 2.82 bits per heavy atom. The van der Waals surface area contributed by atoms with E-state index in [-0.39, 0.29) is 5.84 Å². The van der Waals surface area contributed by atoms with E-state index in [1.165, 1.54) is 0 Å². The fourth-order valence-electron chi connectivity index (χ4n) is 1.34. The van der Waals surface area contributed by atoms with Gasteiger partial charge in [0.2, 0.25) is 0 Å². The minimum Gasteiger partial charge on any atom is -0.455 e. The van der Waals surface area contributed by atoms with Gasteiger partial charge in [0.1, 0.15) is 17.3 Å². The summed E-state index contributed by atoms with van der Waals surface area (Å²) in [5.74, 6) is 0.971. The van der Waals surface area contributed by atoms with Crippen molar-refractivity contribution in [3.63, 3.8) is 0 Å². The lowest BCUT2D eigenvalue weighted by Crippen LogP contribution is -2.12. The van der Waals surface area contributed by atoms with Gasteiger partial charge >= 0.3 is 0 Å². The molecule has 0 aliphatic rings. The number of pyridine rings is 1. The number of nitrogens with zero attached hydrogens (tertiary/aromatic N) is 1. The molecule has 2 aromatic rings. The Labute approximate surface area is 104 Å². The smallest absolute Gasteiger partial charge is 0.145 e. The van der Waals surface area contributed by atoms with Crippen LogP contribution in [0.1, 0.15) is 5.56 Å². The molecule has 0 aliphatic heterocycles. The number of amidine groups is 1. The Kier molecular flexibility index (Phi) is 3.25. The molecule has 5 heteroatoms. The van der Waals surface area contributed by atoms with Crippen molar-refractivity contribution in [3.8, 4) is 11.5 Å². The predicted molar refractivity (Wildman–Crippen MR) is 66.8 cm³/mol. The molecule has 0 spiro atoms. The third-order valence-electron chi connectivity index (χ3n) is 2.09. The summed E-state index contributed by atoms with van der Waals surface area (Å²) in [5, 5.41) is 7.97. The van der Waals surface area contributed by atoms with Crippen LogP contribution in [0.2, 0.25) is 5.02 Å². The van der Waals surface area contributed by atoms with Gasteiger partial charge in [-0.3, -0.25) is 10.4 Å². The Bertz CT molecular complexity index is 543. The Morgan fingerprint density at radius 1 is 1.35 bits per heavy atom. The van der Waals surface area contributed by atoms with E-state index in [2.05, 4.69) is 4.98 Å². The summed E-state index contributed by atoms with van der Waals surface area (Å²) in [6.45, 7) is 0. The second-order valence-corrected chi connectivity index (χ2v) is 3.78. The van der Waals surface area contributed by atoms with E-state index in [0.29, 0.717) is 22.1 Å². The normalized spacial score (nSPS) is 9.94.